The first-order chi connectivity index (χ1) is 14.1. The molecular formula is C24H32N4O. The number of nitrogens with one attached hydrogen (secondary N) is 2. The van der Waals surface area contributed by atoms with Gasteiger partial charge in [0.05, 0.1) is 13.1 Å². The molecule has 5 nitrogen and oxygen atoms in total. The van der Waals surface area contributed by atoms with E-state index in [2.05, 4.69) is 53.1 Å². The number of aliphatic imine (C=N–C) groups is 1. The van der Waals surface area contributed by atoms with Crippen LogP contribution in [0.15, 0.2) is 65.7 Å². The molecule has 1 aliphatic carbocycles. The van der Waals surface area contributed by atoms with Crippen LogP contribution in [0.2, 0.25) is 0 Å². The van der Waals surface area contributed by atoms with Crippen molar-refractivity contribution in [1.29, 1.82) is 0 Å². The molecule has 0 bridgehead atoms. The predicted molar refractivity (Wildman–Crippen MR) is 119 cm³/mol. The molecule has 1 fully saturated rings. The van der Waals surface area contributed by atoms with Crippen molar-refractivity contribution in [3.63, 3.8) is 0 Å². The van der Waals surface area contributed by atoms with Crippen molar-refractivity contribution in [1.82, 2.24) is 15.5 Å². The zero-order valence-corrected chi connectivity index (χ0v) is 17.5. The molecule has 0 saturated heterocycles. The van der Waals surface area contributed by atoms with Gasteiger partial charge in [-0.1, -0.05) is 60.7 Å². The fourth-order valence-corrected chi connectivity index (χ4v) is 3.71. The molecule has 0 radical (unpaired) electrons. The van der Waals surface area contributed by atoms with Crippen molar-refractivity contribution in [3.05, 3.63) is 71.8 Å². The second-order valence-electron chi connectivity index (χ2n) is 7.90. The maximum absolute atomic E-state index is 12.0. The maximum Gasteiger partial charge on any atom is 0.241 e. The summed E-state index contributed by atoms with van der Waals surface area (Å²) < 4.78 is 0. The maximum atomic E-state index is 12.0. The molecule has 1 amide bonds. The lowest BCUT2D eigenvalue weighted by Gasteiger charge is -2.30. The highest BCUT2D eigenvalue weighted by atomic mass is 16.2. The topological polar surface area (TPSA) is 56.7 Å². The zero-order valence-electron chi connectivity index (χ0n) is 17.5. The number of carbonyl (C=O) groups is 1. The van der Waals surface area contributed by atoms with Crippen LogP contribution in [0.3, 0.4) is 0 Å². The molecular weight excluding hydrogens is 360 g/mol. The van der Waals surface area contributed by atoms with Crippen LogP contribution in [-0.2, 0) is 11.3 Å². The van der Waals surface area contributed by atoms with Crippen LogP contribution in [-0.4, -0.2) is 43.4 Å². The van der Waals surface area contributed by atoms with Crippen molar-refractivity contribution >= 4 is 11.9 Å². The first kappa shape index (κ1) is 20.9. The molecule has 29 heavy (non-hydrogen) atoms. The van der Waals surface area contributed by atoms with Gasteiger partial charge in [-0.15, -0.1) is 0 Å². The van der Waals surface area contributed by atoms with Gasteiger partial charge in [0.2, 0.25) is 5.91 Å². The lowest BCUT2D eigenvalue weighted by Crippen LogP contribution is -2.47. The summed E-state index contributed by atoms with van der Waals surface area (Å²) in [6, 6.07) is 21.4. The number of benzene rings is 2. The number of hydrogen-bond donors (Lipinski definition) is 2. The molecule has 0 unspecified atom stereocenters. The molecule has 0 aromatic heterocycles. The van der Waals surface area contributed by atoms with Crippen LogP contribution in [0.4, 0.5) is 0 Å². The summed E-state index contributed by atoms with van der Waals surface area (Å²) in [6.45, 7) is 0.832. The fraction of sp³-hybridized carbons (Fsp3) is 0.417. The Balaban J connectivity index is 1.58. The van der Waals surface area contributed by atoms with Crippen LogP contribution in [0.5, 0.6) is 0 Å². The molecule has 2 aromatic carbocycles. The average molecular weight is 393 g/mol. The second kappa shape index (κ2) is 10.6. The normalized spacial score (nSPS) is 19.4. The van der Waals surface area contributed by atoms with E-state index in [1.807, 2.05) is 18.2 Å². The molecule has 1 saturated carbocycles. The molecule has 0 heterocycles. The number of guanidine groups is 1. The third-order valence-electron chi connectivity index (χ3n) is 5.51. The van der Waals surface area contributed by atoms with E-state index < -0.39 is 0 Å². The lowest BCUT2D eigenvalue weighted by atomic mass is 9.82. The number of likely N-dealkylation sites (N-methyl/N-ethyl adjacent to an activating group) is 1. The monoisotopic (exact) mass is 392 g/mol. The first-order valence-corrected chi connectivity index (χ1v) is 10.5. The lowest BCUT2D eigenvalue weighted by molar-refractivity contribution is -0.127. The van der Waals surface area contributed by atoms with Crippen LogP contribution >= 0.6 is 0 Å². The highest BCUT2D eigenvalue weighted by molar-refractivity contribution is 5.86. The highest BCUT2D eigenvalue weighted by Crippen LogP contribution is 2.32. The molecule has 2 N–H and O–H groups in total. The Morgan fingerprint density at radius 1 is 0.966 bits per heavy atom. The smallest absolute Gasteiger partial charge is 0.241 e. The number of hydrogen-bond acceptors (Lipinski definition) is 2. The van der Waals surface area contributed by atoms with Crippen LogP contribution < -0.4 is 10.6 Å². The van der Waals surface area contributed by atoms with E-state index in [9.17, 15) is 4.79 Å². The Labute approximate surface area is 174 Å². The van der Waals surface area contributed by atoms with E-state index >= 15 is 0 Å². The Morgan fingerprint density at radius 3 is 2.21 bits per heavy atom. The van der Waals surface area contributed by atoms with E-state index in [0.29, 0.717) is 24.5 Å². The predicted octanol–water partition coefficient (Wildman–Crippen LogP) is 3.54. The Morgan fingerprint density at radius 2 is 1.59 bits per heavy atom. The molecule has 0 atom stereocenters. The van der Waals surface area contributed by atoms with E-state index in [1.165, 1.54) is 18.4 Å². The van der Waals surface area contributed by atoms with Gasteiger partial charge >= 0.3 is 0 Å². The van der Waals surface area contributed by atoms with E-state index in [0.717, 1.165) is 18.4 Å². The SMILES string of the molecule is CN(C)C(=O)CNC(=NCc1ccccc1)NC1CCC(c2ccccc2)CC1. The van der Waals surface area contributed by atoms with Gasteiger partial charge in [0, 0.05) is 20.1 Å². The minimum absolute atomic E-state index is 0.0343. The van der Waals surface area contributed by atoms with Crippen molar-refractivity contribution in [2.45, 2.75) is 44.2 Å². The largest absolute Gasteiger partial charge is 0.354 e. The van der Waals surface area contributed by atoms with Gasteiger partial charge in [-0.2, -0.15) is 0 Å². The van der Waals surface area contributed by atoms with Crippen molar-refractivity contribution in [2.24, 2.45) is 4.99 Å². The Bertz CT molecular complexity index is 781. The third kappa shape index (κ3) is 6.63. The van der Waals surface area contributed by atoms with Gasteiger partial charge in [0.15, 0.2) is 5.96 Å². The summed E-state index contributed by atoms with van der Waals surface area (Å²) in [6.07, 6.45) is 4.55. The Hall–Kier alpha value is -2.82. The van der Waals surface area contributed by atoms with Gasteiger partial charge in [0.1, 0.15) is 0 Å². The van der Waals surface area contributed by atoms with Gasteiger partial charge < -0.3 is 15.5 Å². The third-order valence-corrected chi connectivity index (χ3v) is 5.51. The number of nitrogens with zero attached hydrogens (tertiary/aromatic N) is 2. The molecule has 5 heteroatoms. The van der Waals surface area contributed by atoms with Crippen LogP contribution in [0, 0.1) is 0 Å². The summed E-state index contributed by atoms with van der Waals surface area (Å²) in [5, 5.41) is 6.77. The fourth-order valence-electron chi connectivity index (χ4n) is 3.71. The molecule has 2 aromatic rings. The minimum Gasteiger partial charge on any atom is -0.354 e. The van der Waals surface area contributed by atoms with Gasteiger partial charge in [-0.25, -0.2) is 4.99 Å². The summed E-state index contributed by atoms with van der Waals surface area (Å²) in [4.78, 5) is 18.3. The van der Waals surface area contributed by atoms with Gasteiger partial charge in [-0.3, -0.25) is 4.79 Å². The van der Waals surface area contributed by atoms with Gasteiger partial charge in [0.25, 0.3) is 0 Å². The van der Waals surface area contributed by atoms with Crippen molar-refractivity contribution in [3.8, 4) is 0 Å². The summed E-state index contributed by atoms with van der Waals surface area (Å²) in [7, 11) is 3.53. The molecule has 3 rings (SSSR count). The molecule has 0 aliphatic heterocycles. The number of rotatable bonds is 6. The molecule has 154 valence electrons. The first-order valence-electron chi connectivity index (χ1n) is 10.5. The van der Waals surface area contributed by atoms with Crippen molar-refractivity contribution in [2.75, 3.05) is 20.6 Å². The minimum atomic E-state index is 0.0343. The highest BCUT2D eigenvalue weighted by Gasteiger charge is 2.23. The van der Waals surface area contributed by atoms with E-state index in [-0.39, 0.29) is 12.5 Å². The summed E-state index contributed by atoms with van der Waals surface area (Å²) >= 11 is 0. The average Bonchev–Trinajstić information content (AvgIpc) is 2.77. The van der Waals surface area contributed by atoms with Gasteiger partial charge in [-0.05, 0) is 42.7 Å². The zero-order chi connectivity index (χ0) is 20.5. The molecule has 1 aliphatic rings. The van der Waals surface area contributed by atoms with Crippen LogP contribution in [0.1, 0.15) is 42.7 Å². The quantitative estimate of drug-likeness (QED) is 0.584. The summed E-state index contributed by atoms with van der Waals surface area (Å²) in [5.74, 6) is 1.39. The summed E-state index contributed by atoms with van der Waals surface area (Å²) in [5.41, 5.74) is 2.60. The van der Waals surface area contributed by atoms with Crippen LogP contribution in [0.25, 0.3) is 0 Å². The standard InChI is InChI=1S/C24H32N4O/c1-28(2)23(29)18-26-24(25-17-19-9-5-3-6-10-19)27-22-15-13-21(14-16-22)20-11-7-4-8-12-20/h3-12,21-22H,13-18H2,1-2H3,(H2,25,26,27). The Kier molecular flexibility index (Phi) is 7.68. The number of amides is 1. The number of carbonyl (C=O) groups excluding carboxylic acids is 1. The van der Waals surface area contributed by atoms with E-state index in [1.54, 1.807) is 19.0 Å². The van der Waals surface area contributed by atoms with E-state index in [4.69, 9.17) is 4.99 Å². The van der Waals surface area contributed by atoms with Crippen molar-refractivity contribution < 1.29 is 4.79 Å². The molecule has 0 spiro atoms. The second-order valence-corrected chi connectivity index (χ2v) is 7.90.